The van der Waals surface area contributed by atoms with Crippen molar-refractivity contribution in [2.45, 2.75) is 25.7 Å². The maximum Gasteiger partial charge on any atom is 0.310 e. The fourth-order valence-electron chi connectivity index (χ4n) is 2.76. The highest BCUT2D eigenvalue weighted by Crippen LogP contribution is 2.26. The zero-order valence-electron chi connectivity index (χ0n) is 11.4. The van der Waals surface area contributed by atoms with Gasteiger partial charge in [0.2, 0.25) is 5.88 Å². The molecule has 2 heterocycles. The lowest BCUT2D eigenvalue weighted by Gasteiger charge is -2.37. The molecule has 1 aromatic heterocycles. The van der Waals surface area contributed by atoms with E-state index in [1.165, 1.54) is 25.7 Å². The number of anilines is 1. The number of nitrogens with zero attached hydrogens (tertiary/aromatic N) is 3. The Morgan fingerprint density at radius 3 is 2.80 bits per heavy atom. The summed E-state index contributed by atoms with van der Waals surface area (Å²) in [5.41, 5.74) is 0. The number of carbonyl (C=O) groups is 1. The quantitative estimate of drug-likeness (QED) is 0.880. The smallest absolute Gasteiger partial charge is 0.310 e. The normalized spacial score (nSPS) is 19.9. The molecule has 1 aliphatic heterocycles. The Morgan fingerprint density at radius 1 is 1.35 bits per heavy atom. The lowest BCUT2D eigenvalue weighted by atomic mass is 10.0. The second-order valence-electron chi connectivity index (χ2n) is 5.62. The van der Waals surface area contributed by atoms with Gasteiger partial charge < -0.3 is 14.7 Å². The van der Waals surface area contributed by atoms with Gasteiger partial charge in [-0.05, 0) is 18.8 Å². The van der Waals surface area contributed by atoms with Crippen molar-refractivity contribution >= 4 is 11.8 Å². The maximum atomic E-state index is 10.8. The minimum Gasteiger partial charge on any atom is -0.481 e. The fourth-order valence-corrected chi connectivity index (χ4v) is 2.76. The Morgan fingerprint density at radius 2 is 2.10 bits per heavy atom. The molecule has 6 heteroatoms. The van der Waals surface area contributed by atoms with Crippen molar-refractivity contribution in [3.8, 4) is 5.88 Å². The van der Waals surface area contributed by atoms with Crippen LogP contribution in [0, 0.1) is 11.8 Å². The van der Waals surface area contributed by atoms with E-state index in [-0.39, 0.29) is 5.92 Å². The summed E-state index contributed by atoms with van der Waals surface area (Å²) in [7, 11) is 0. The lowest BCUT2D eigenvalue weighted by Crippen LogP contribution is -2.50. The number of hydrogen-bond acceptors (Lipinski definition) is 5. The van der Waals surface area contributed by atoms with Crippen LogP contribution in [0.15, 0.2) is 12.4 Å². The molecule has 108 valence electrons. The van der Waals surface area contributed by atoms with Gasteiger partial charge in [0.25, 0.3) is 0 Å². The first kappa shape index (κ1) is 13.1. The summed E-state index contributed by atoms with van der Waals surface area (Å²) in [4.78, 5) is 21.2. The van der Waals surface area contributed by atoms with Crippen molar-refractivity contribution in [3.05, 3.63) is 12.4 Å². The molecule has 0 aromatic carbocycles. The van der Waals surface area contributed by atoms with E-state index in [2.05, 4.69) is 9.97 Å². The average molecular weight is 277 g/mol. The van der Waals surface area contributed by atoms with E-state index in [1.54, 1.807) is 12.4 Å². The molecule has 0 radical (unpaired) electrons. The number of rotatable bonds is 5. The third-order valence-corrected chi connectivity index (χ3v) is 4.10. The zero-order valence-corrected chi connectivity index (χ0v) is 11.4. The standard InChI is InChI=1S/C14H19N3O3/c18-14(19)11-7-17(8-11)12-5-15-6-13(16-12)20-9-10-3-1-2-4-10/h5-6,10-11H,1-4,7-9H2,(H,18,19). The molecule has 1 saturated carbocycles. The van der Waals surface area contributed by atoms with Gasteiger partial charge in [-0.15, -0.1) is 0 Å². The topological polar surface area (TPSA) is 75.5 Å². The van der Waals surface area contributed by atoms with Crippen LogP contribution in [0.5, 0.6) is 5.88 Å². The van der Waals surface area contributed by atoms with Crippen LogP contribution in [-0.2, 0) is 4.79 Å². The Hall–Kier alpha value is -1.85. The summed E-state index contributed by atoms with van der Waals surface area (Å²) in [5.74, 6) is 0.836. The van der Waals surface area contributed by atoms with Crippen LogP contribution in [0.4, 0.5) is 5.82 Å². The van der Waals surface area contributed by atoms with Crippen LogP contribution in [0.2, 0.25) is 0 Å². The van der Waals surface area contributed by atoms with Gasteiger partial charge in [0.05, 0.1) is 24.9 Å². The van der Waals surface area contributed by atoms with Crippen LogP contribution in [0.1, 0.15) is 25.7 Å². The van der Waals surface area contributed by atoms with Crippen LogP contribution in [-0.4, -0.2) is 40.7 Å². The third-order valence-electron chi connectivity index (χ3n) is 4.10. The number of aliphatic carboxylic acids is 1. The van der Waals surface area contributed by atoms with Gasteiger partial charge in [0, 0.05) is 13.1 Å². The molecule has 1 saturated heterocycles. The molecule has 20 heavy (non-hydrogen) atoms. The van der Waals surface area contributed by atoms with Crippen molar-refractivity contribution in [2.24, 2.45) is 11.8 Å². The first-order valence-electron chi connectivity index (χ1n) is 7.15. The number of ether oxygens (including phenoxy) is 1. The zero-order chi connectivity index (χ0) is 13.9. The summed E-state index contributed by atoms with van der Waals surface area (Å²) < 4.78 is 5.71. The SMILES string of the molecule is O=C(O)C1CN(c2cncc(OCC3CCCC3)n2)C1. The van der Waals surface area contributed by atoms with Crippen LogP contribution < -0.4 is 9.64 Å². The highest BCUT2D eigenvalue weighted by Gasteiger charge is 2.33. The Bertz CT molecular complexity index is 482. The molecule has 0 bridgehead atoms. The molecule has 1 aliphatic carbocycles. The molecule has 0 amide bonds. The van der Waals surface area contributed by atoms with Crippen molar-refractivity contribution < 1.29 is 14.6 Å². The summed E-state index contributed by atoms with van der Waals surface area (Å²) in [6.45, 7) is 1.70. The van der Waals surface area contributed by atoms with Gasteiger partial charge >= 0.3 is 5.97 Å². The molecule has 1 aromatic rings. The Kier molecular flexibility index (Phi) is 3.71. The summed E-state index contributed by atoms with van der Waals surface area (Å²) in [5, 5.41) is 8.87. The highest BCUT2D eigenvalue weighted by molar-refractivity contribution is 5.74. The number of aromatic nitrogens is 2. The largest absolute Gasteiger partial charge is 0.481 e. The van der Waals surface area contributed by atoms with Crippen molar-refractivity contribution in [2.75, 3.05) is 24.6 Å². The molecule has 0 unspecified atom stereocenters. The Balaban J connectivity index is 1.54. The van der Waals surface area contributed by atoms with E-state index in [0.717, 1.165) is 0 Å². The predicted octanol–water partition coefficient (Wildman–Crippen LogP) is 1.57. The van der Waals surface area contributed by atoms with Crippen molar-refractivity contribution in [3.63, 3.8) is 0 Å². The average Bonchev–Trinajstić information content (AvgIpc) is 2.88. The minimum atomic E-state index is -0.747. The van der Waals surface area contributed by atoms with E-state index in [1.807, 2.05) is 4.90 Å². The highest BCUT2D eigenvalue weighted by atomic mass is 16.5. The monoisotopic (exact) mass is 277 g/mol. The summed E-state index contributed by atoms with van der Waals surface area (Å²) >= 11 is 0. The first-order valence-corrected chi connectivity index (χ1v) is 7.15. The van der Waals surface area contributed by atoms with Crippen molar-refractivity contribution in [1.29, 1.82) is 0 Å². The van der Waals surface area contributed by atoms with Gasteiger partial charge in [0.1, 0.15) is 0 Å². The molecule has 0 atom stereocenters. The minimum absolute atomic E-state index is 0.292. The van der Waals surface area contributed by atoms with Gasteiger partial charge in [-0.25, -0.2) is 0 Å². The maximum absolute atomic E-state index is 10.8. The van der Waals surface area contributed by atoms with Gasteiger partial charge in [0.15, 0.2) is 5.82 Å². The lowest BCUT2D eigenvalue weighted by molar-refractivity contribution is -0.142. The van der Waals surface area contributed by atoms with E-state index in [0.29, 0.717) is 37.3 Å². The number of hydrogen-bond donors (Lipinski definition) is 1. The van der Waals surface area contributed by atoms with Gasteiger partial charge in [-0.2, -0.15) is 4.98 Å². The molecule has 2 fully saturated rings. The number of carboxylic acid groups (broad SMARTS) is 1. The van der Waals surface area contributed by atoms with Crippen LogP contribution >= 0.6 is 0 Å². The van der Waals surface area contributed by atoms with E-state index < -0.39 is 5.97 Å². The van der Waals surface area contributed by atoms with Crippen LogP contribution in [0.3, 0.4) is 0 Å². The van der Waals surface area contributed by atoms with E-state index in [4.69, 9.17) is 9.84 Å². The summed E-state index contributed by atoms with van der Waals surface area (Å²) in [6, 6.07) is 0. The van der Waals surface area contributed by atoms with Crippen molar-refractivity contribution in [1.82, 2.24) is 9.97 Å². The molecule has 3 rings (SSSR count). The Labute approximate surface area is 117 Å². The molecule has 0 spiro atoms. The van der Waals surface area contributed by atoms with E-state index in [9.17, 15) is 4.79 Å². The van der Waals surface area contributed by atoms with Gasteiger partial charge in [-0.3, -0.25) is 9.78 Å². The molecule has 6 nitrogen and oxygen atoms in total. The van der Waals surface area contributed by atoms with E-state index >= 15 is 0 Å². The molecule has 2 aliphatic rings. The number of carboxylic acids is 1. The molecular formula is C14H19N3O3. The van der Waals surface area contributed by atoms with Gasteiger partial charge in [-0.1, -0.05) is 12.8 Å². The molecular weight excluding hydrogens is 258 g/mol. The van der Waals surface area contributed by atoms with Crippen LogP contribution in [0.25, 0.3) is 0 Å². The summed E-state index contributed by atoms with van der Waals surface area (Å²) in [6.07, 6.45) is 8.33. The second kappa shape index (κ2) is 5.64. The first-order chi connectivity index (χ1) is 9.72. The third kappa shape index (κ3) is 2.84. The second-order valence-corrected chi connectivity index (χ2v) is 5.62. The predicted molar refractivity (Wildman–Crippen MR) is 72.8 cm³/mol. The fraction of sp³-hybridized carbons (Fsp3) is 0.643. The molecule has 1 N–H and O–H groups in total.